The smallest absolute Gasteiger partial charge is 0.253 e. The van der Waals surface area contributed by atoms with Crippen molar-refractivity contribution in [3.05, 3.63) is 51.9 Å². The number of halogens is 1. The first kappa shape index (κ1) is 15.0. The molecule has 5 heteroatoms. The zero-order valence-electron chi connectivity index (χ0n) is 11.5. The van der Waals surface area contributed by atoms with Gasteiger partial charge in [-0.25, -0.2) is 0 Å². The zero-order chi connectivity index (χ0) is 14.9. The fourth-order valence-corrected chi connectivity index (χ4v) is 2.53. The van der Waals surface area contributed by atoms with Crippen molar-refractivity contribution in [2.24, 2.45) is 0 Å². The molecule has 1 aromatic heterocycles. The van der Waals surface area contributed by atoms with Crippen LogP contribution in [0.3, 0.4) is 0 Å². The van der Waals surface area contributed by atoms with Crippen LogP contribution in [0.15, 0.2) is 33.6 Å². The van der Waals surface area contributed by atoms with Crippen LogP contribution in [0.5, 0.6) is 0 Å². The molecule has 1 aromatic carbocycles. The van der Waals surface area contributed by atoms with Crippen LogP contribution in [-0.2, 0) is 0 Å². The second-order valence-electron chi connectivity index (χ2n) is 4.73. The molecule has 0 bridgehead atoms. The van der Waals surface area contributed by atoms with Crippen molar-refractivity contribution in [1.29, 1.82) is 0 Å². The predicted molar refractivity (Wildman–Crippen MR) is 82.8 cm³/mol. The third kappa shape index (κ3) is 3.19. The molecule has 1 atom stereocenters. The van der Waals surface area contributed by atoms with Crippen molar-refractivity contribution in [3.63, 3.8) is 0 Å². The Hall–Kier alpha value is -1.39. The highest BCUT2D eigenvalue weighted by atomic mass is 35.5. The van der Waals surface area contributed by atoms with E-state index in [1.54, 1.807) is 18.2 Å². The van der Waals surface area contributed by atoms with Gasteiger partial charge in [0.25, 0.3) is 5.91 Å². The van der Waals surface area contributed by atoms with Gasteiger partial charge in [0.2, 0.25) is 0 Å². The maximum atomic E-state index is 12.3. The van der Waals surface area contributed by atoms with E-state index in [9.17, 15) is 4.79 Å². The van der Waals surface area contributed by atoms with E-state index < -0.39 is 0 Å². The molecule has 1 N–H and O–H groups in total. The van der Waals surface area contributed by atoms with Gasteiger partial charge in [-0.1, -0.05) is 11.6 Å². The molecule has 0 aliphatic carbocycles. The van der Waals surface area contributed by atoms with E-state index >= 15 is 0 Å². The minimum atomic E-state index is -0.225. The molecule has 1 amide bonds. The Morgan fingerprint density at radius 2 is 2.05 bits per heavy atom. The van der Waals surface area contributed by atoms with Crippen molar-refractivity contribution in [1.82, 2.24) is 5.32 Å². The molecule has 0 fully saturated rings. The SMILES string of the molecule is Cc1cc(C(C)NC(=O)c2cc(S)ccc2Cl)c(C)o1. The van der Waals surface area contributed by atoms with Crippen molar-refractivity contribution < 1.29 is 9.21 Å². The molecule has 0 saturated carbocycles. The van der Waals surface area contributed by atoms with Gasteiger partial charge in [0.05, 0.1) is 16.6 Å². The molecule has 0 saturated heterocycles. The maximum Gasteiger partial charge on any atom is 0.253 e. The van der Waals surface area contributed by atoms with Gasteiger partial charge in [-0.15, -0.1) is 12.6 Å². The maximum absolute atomic E-state index is 12.3. The largest absolute Gasteiger partial charge is 0.466 e. The highest BCUT2D eigenvalue weighted by Gasteiger charge is 2.17. The fraction of sp³-hybridized carbons (Fsp3) is 0.267. The third-order valence-corrected chi connectivity index (χ3v) is 3.70. The number of hydrogen-bond acceptors (Lipinski definition) is 3. The first-order chi connectivity index (χ1) is 9.38. The van der Waals surface area contributed by atoms with Crippen LogP contribution < -0.4 is 5.32 Å². The summed E-state index contributed by atoms with van der Waals surface area (Å²) in [4.78, 5) is 13.0. The summed E-state index contributed by atoms with van der Waals surface area (Å²) in [6.45, 7) is 5.67. The standard InChI is InChI=1S/C15H16ClNO2S/c1-8-6-12(10(3)19-8)9(2)17-15(18)13-7-11(20)4-5-14(13)16/h4-7,9,20H,1-3H3,(H,17,18). The normalized spacial score (nSPS) is 12.2. The number of benzene rings is 1. The molecule has 0 aliphatic heterocycles. The van der Waals surface area contributed by atoms with E-state index in [2.05, 4.69) is 17.9 Å². The van der Waals surface area contributed by atoms with Gasteiger partial charge in [0.15, 0.2) is 0 Å². The molecule has 0 aliphatic rings. The van der Waals surface area contributed by atoms with Gasteiger partial charge in [0.1, 0.15) is 11.5 Å². The number of thiol groups is 1. The van der Waals surface area contributed by atoms with Crippen LogP contribution in [0.1, 0.15) is 40.4 Å². The van der Waals surface area contributed by atoms with Gasteiger partial charge in [0, 0.05) is 10.5 Å². The lowest BCUT2D eigenvalue weighted by Crippen LogP contribution is -2.27. The predicted octanol–water partition coefficient (Wildman–Crippen LogP) is 4.33. The number of furan rings is 1. The molecule has 2 aromatic rings. The summed E-state index contributed by atoms with van der Waals surface area (Å²) in [5, 5.41) is 3.33. The Morgan fingerprint density at radius 3 is 2.65 bits per heavy atom. The van der Waals surface area contributed by atoms with Gasteiger partial charge < -0.3 is 9.73 Å². The molecule has 3 nitrogen and oxygen atoms in total. The minimum Gasteiger partial charge on any atom is -0.466 e. The highest BCUT2D eigenvalue weighted by molar-refractivity contribution is 7.80. The Kier molecular flexibility index (Phi) is 4.45. The number of hydrogen-bond donors (Lipinski definition) is 2. The number of amides is 1. The van der Waals surface area contributed by atoms with Crippen molar-refractivity contribution >= 4 is 30.1 Å². The number of carbonyl (C=O) groups excluding carboxylic acids is 1. The minimum absolute atomic E-state index is 0.153. The monoisotopic (exact) mass is 309 g/mol. The highest BCUT2D eigenvalue weighted by Crippen LogP contribution is 2.23. The zero-order valence-corrected chi connectivity index (χ0v) is 13.2. The topological polar surface area (TPSA) is 42.2 Å². The first-order valence-corrected chi connectivity index (χ1v) is 7.07. The summed E-state index contributed by atoms with van der Waals surface area (Å²) in [5.41, 5.74) is 1.39. The average Bonchev–Trinajstić information content (AvgIpc) is 2.71. The summed E-state index contributed by atoms with van der Waals surface area (Å²) < 4.78 is 5.48. The quantitative estimate of drug-likeness (QED) is 0.829. The van der Waals surface area contributed by atoms with E-state index in [4.69, 9.17) is 16.0 Å². The Bertz CT molecular complexity index is 651. The molecule has 0 spiro atoms. The van der Waals surface area contributed by atoms with E-state index in [0.717, 1.165) is 17.1 Å². The molecular weight excluding hydrogens is 294 g/mol. The van der Waals surface area contributed by atoms with Crippen LogP contribution in [0.25, 0.3) is 0 Å². The van der Waals surface area contributed by atoms with Crippen molar-refractivity contribution in [2.75, 3.05) is 0 Å². The van der Waals surface area contributed by atoms with E-state index in [-0.39, 0.29) is 11.9 Å². The number of rotatable bonds is 3. The lowest BCUT2D eigenvalue weighted by molar-refractivity contribution is 0.0939. The average molecular weight is 310 g/mol. The van der Waals surface area contributed by atoms with Gasteiger partial charge in [-0.05, 0) is 45.0 Å². The number of carbonyl (C=O) groups is 1. The summed E-state index contributed by atoms with van der Waals surface area (Å²) in [7, 11) is 0. The molecule has 20 heavy (non-hydrogen) atoms. The molecule has 106 valence electrons. The first-order valence-electron chi connectivity index (χ1n) is 6.25. The lowest BCUT2D eigenvalue weighted by atomic mass is 10.1. The molecule has 0 radical (unpaired) electrons. The summed E-state index contributed by atoms with van der Waals surface area (Å²) >= 11 is 10.3. The van der Waals surface area contributed by atoms with E-state index in [1.165, 1.54) is 0 Å². The second kappa shape index (κ2) is 5.94. The summed E-state index contributed by atoms with van der Waals surface area (Å²) in [6.07, 6.45) is 0. The Morgan fingerprint density at radius 1 is 1.35 bits per heavy atom. The van der Waals surface area contributed by atoms with Crippen LogP contribution >= 0.6 is 24.2 Å². The number of nitrogens with one attached hydrogen (secondary N) is 1. The van der Waals surface area contributed by atoms with Crippen LogP contribution in [0.2, 0.25) is 5.02 Å². The van der Waals surface area contributed by atoms with Gasteiger partial charge in [-0.2, -0.15) is 0 Å². The molecule has 1 unspecified atom stereocenters. The van der Waals surface area contributed by atoms with Crippen LogP contribution in [0, 0.1) is 13.8 Å². The third-order valence-electron chi connectivity index (χ3n) is 3.09. The van der Waals surface area contributed by atoms with Crippen molar-refractivity contribution in [2.45, 2.75) is 31.7 Å². The molecule has 1 heterocycles. The number of aryl methyl sites for hydroxylation is 2. The van der Waals surface area contributed by atoms with Crippen molar-refractivity contribution in [3.8, 4) is 0 Å². The lowest BCUT2D eigenvalue weighted by Gasteiger charge is -2.14. The van der Waals surface area contributed by atoms with Gasteiger partial charge in [-0.3, -0.25) is 4.79 Å². The van der Waals surface area contributed by atoms with E-state index in [1.807, 2.05) is 26.8 Å². The molecular formula is C15H16ClNO2S. The Balaban J connectivity index is 2.19. The van der Waals surface area contributed by atoms with Crippen LogP contribution in [-0.4, -0.2) is 5.91 Å². The molecule has 2 rings (SSSR count). The summed E-state index contributed by atoms with van der Waals surface area (Å²) in [6, 6.07) is 6.84. The summed E-state index contributed by atoms with van der Waals surface area (Å²) in [5.74, 6) is 1.41. The van der Waals surface area contributed by atoms with E-state index in [0.29, 0.717) is 15.5 Å². The second-order valence-corrected chi connectivity index (χ2v) is 5.65. The Labute approximate surface area is 128 Å². The van der Waals surface area contributed by atoms with Crippen LogP contribution in [0.4, 0.5) is 0 Å². The fourth-order valence-electron chi connectivity index (χ4n) is 2.12. The van der Waals surface area contributed by atoms with Gasteiger partial charge >= 0.3 is 0 Å².